The number of hydrogen-bond donors (Lipinski definition) is 0. The average molecular weight is 302 g/mol. The van der Waals surface area contributed by atoms with E-state index >= 15 is 0 Å². The second kappa shape index (κ2) is 5.81. The van der Waals surface area contributed by atoms with Gasteiger partial charge in [0.1, 0.15) is 5.76 Å². The van der Waals surface area contributed by atoms with E-state index in [0.717, 1.165) is 0 Å². The van der Waals surface area contributed by atoms with Crippen molar-refractivity contribution < 1.29 is 35.3 Å². The number of alkyl halides is 3. The van der Waals surface area contributed by atoms with Crippen molar-refractivity contribution in [1.82, 2.24) is 0 Å². The minimum atomic E-state index is -5.63. The quantitative estimate of drug-likeness (QED) is 0.452. The van der Waals surface area contributed by atoms with Crippen LogP contribution in [0, 0.1) is 5.92 Å². The molecule has 0 heterocycles. The van der Waals surface area contributed by atoms with Gasteiger partial charge in [0.15, 0.2) is 0 Å². The average Bonchev–Trinajstić information content (AvgIpc) is 2.28. The molecular formula is C10H13F3O5S. The van der Waals surface area contributed by atoms with Crippen molar-refractivity contribution in [3.05, 3.63) is 11.8 Å². The molecule has 9 heteroatoms. The Morgan fingerprint density at radius 1 is 1.47 bits per heavy atom. The Bertz CT molecular complexity index is 466. The molecule has 1 rings (SSSR count). The molecule has 1 aliphatic carbocycles. The maximum Gasteiger partial charge on any atom is 0.534 e. The predicted molar refractivity (Wildman–Crippen MR) is 58.1 cm³/mol. The molecule has 0 aromatic rings. The Labute approximate surface area is 108 Å². The lowest BCUT2D eigenvalue weighted by atomic mass is 9.93. The fraction of sp³-hybridized carbons (Fsp3) is 0.700. The molecule has 0 saturated carbocycles. The molecule has 0 unspecified atom stereocenters. The molecule has 1 atom stereocenters. The van der Waals surface area contributed by atoms with Gasteiger partial charge >= 0.3 is 21.6 Å². The maximum absolute atomic E-state index is 12.1. The van der Waals surface area contributed by atoms with Crippen LogP contribution in [0.15, 0.2) is 11.8 Å². The normalized spacial score (nSPS) is 20.6. The van der Waals surface area contributed by atoms with Crippen LogP contribution in [0.5, 0.6) is 0 Å². The fourth-order valence-electron chi connectivity index (χ4n) is 1.55. The third kappa shape index (κ3) is 4.12. The first-order valence-corrected chi connectivity index (χ1v) is 6.94. The van der Waals surface area contributed by atoms with Crippen molar-refractivity contribution in [1.29, 1.82) is 0 Å². The molecule has 0 bridgehead atoms. The molecule has 110 valence electrons. The smallest absolute Gasteiger partial charge is 0.466 e. The molecule has 0 spiro atoms. The van der Waals surface area contributed by atoms with Gasteiger partial charge in [-0.3, -0.25) is 4.79 Å². The summed E-state index contributed by atoms with van der Waals surface area (Å²) in [4.78, 5) is 11.4. The molecule has 0 amide bonds. The maximum atomic E-state index is 12.1. The molecular weight excluding hydrogens is 289 g/mol. The minimum Gasteiger partial charge on any atom is -0.466 e. The number of esters is 1. The third-order valence-electron chi connectivity index (χ3n) is 2.49. The topological polar surface area (TPSA) is 69.7 Å². The van der Waals surface area contributed by atoms with Crippen LogP contribution in [0.1, 0.15) is 26.2 Å². The molecule has 0 aliphatic heterocycles. The first kappa shape index (κ1) is 15.8. The molecule has 5 nitrogen and oxygen atoms in total. The zero-order valence-electron chi connectivity index (χ0n) is 10.1. The van der Waals surface area contributed by atoms with Crippen LogP contribution in [0.25, 0.3) is 0 Å². The highest BCUT2D eigenvalue weighted by atomic mass is 32.2. The Morgan fingerprint density at radius 3 is 2.53 bits per heavy atom. The number of halogens is 3. The SMILES string of the molecule is CCOC(=O)[C@@H]1CC=C(OS(=O)(=O)C(F)(F)F)CC1. The van der Waals surface area contributed by atoms with Crippen LogP contribution < -0.4 is 0 Å². The van der Waals surface area contributed by atoms with Gasteiger partial charge < -0.3 is 8.92 Å². The molecule has 0 radical (unpaired) electrons. The predicted octanol–water partition coefficient (Wildman–Crippen LogP) is 2.10. The summed E-state index contributed by atoms with van der Waals surface area (Å²) in [5.74, 6) is -1.21. The summed E-state index contributed by atoms with van der Waals surface area (Å²) in [7, 11) is -5.63. The van der Waals surface area contributed by atoms with Crippen LogP contribution in [0.4, 0.5) is 13.2 Å². The van der Waals surface area contributed by atoms with Crippen LogP contribution in [0.2, 0.25) is 0 Å². The van der Waals surface area contributed by atoms with Gasteiger partial charge in [-0.25, -0.2) is 0 Å². The Kier molecular flexibility index (Phi) is 4.83. The Hall–Kier alpha value is -1.25. The number of rotatable bonds is 4. The number of ether oxygens (including phenoxy) is 1. The van der Waals surface area contributed by atoms with Crippen molar-refractivity contribution in [3.8, 4) is 0 Å². The lowest BCUT2D eigenvalue weighted by Crippen LogP contribution is -2.27. The van der Waals surface area contributed by atoms with E-state index in [4.69, 9.17) is 4.74 Å². The second-order valence-electron chi connectivity index (χ2n) is 3.88. The highest BCUT2D eigenvalue weighted by Crippen LogP contribution is 2.31. The number of hydrogen-bond acceptors (Lipinski definition) is 5. The van der Waals surface area contributed by atoms with E-state index in [-0.39, 0.29) is 31.6 Å². The monoisotopic (exact) mass is 302 g/mol. The second-order valence-corrected chi connectivity index (χ2v) is 5.41. The summed E-state index contributed by atoms with van der Waals surface area (Å²) in [6.45, 7) is 1.85. The van der Waals surface area contributed by atoms with E-state index in [2.05, 4.69) is 4.18 Å². The van der Waals surface area contributed by atoms with E-state index in [1.807, 2.05) is 0 Å². The standard InChI is InChI=1S/C10H13F3O5S/c1-2-17-9(14)7-3-5-8(6-4-7)18-19(15,16)10(11,12)13/h5,7H,2-4,6H2,1H3/t7-/m1/s1. The van der Waals surface area contributed by atoms with Gasteiger partial charge in [-0.1, -0.05) is 0 Å². The minimum absolute atomic E-state index is 0.0568. The van der Waals surface area contributed by atoms with Gasteiger partial charge in [0.05, 0.1) is 12.5 Å². The number of carbonyl (C=O) groups is 1. The van der Waals surface area contributed by atoms with Crippen molar-refractivity contribution in [3.63, 3.8) is 0 Å². The molecule has 1 aliphatic rings. The molecule has 0 fully saturated rings. The van der Waals surface area contributed by atoms with Crippen LogP contribution >= 0.6 is 0 Å². The summed E-state index contributed by atoms with van der Waals surface area (Å²) in [5, 5.41) is 0. The first-order chi connectivity index (χ1) is 8.67. The van der Waals surface area contributed by atoms with Gasteiger partial charge in [-0.05, 0) is 25.8 Å². The van der Waals surface area contributed by atoms with E-state index in [1.165, 1.54) is 6.08 Å². The number of carbonyl (C=O) groups excluding carboxylic acids is 1. The lowest BCUT2D eigenvalue weighted by Gasteiger charge is -2.20. The Morgan fingerprint density at radius 2 is 2.11 bits per heavy atom. The highest BCUT2D eigenvalue weighted by Gasteiger charge is 2.49. The van der Waals surface area contributed by atoms with Crippen molar-refractivity contribution in [2.45, 2.75) is 31.7 Å². The summed E-state index contributed by atoms with van der Waals surface area (Å²) in [6, 6.07) is 0. The summed E-state index contributed by atoms with van der Waals surface area (Å²) < 4.78 is 66.5. The lowest BCUT2D eigenvalue weighted by molar-refractivity contribution is -0.148. The molecule has 0 saturated heterocycles. The van der Waals surface area contributed by atoms with Crippen molar-refractivity contribution >= 4 is 16.1 Å². The van der Waals surface area contributed by atoms with E-state index in [0.29, 0.717) is 0 Å². The summed E-state index contributed by atoms with van der Waals surface area (Å²) in [6.07, 6.45) is 1.41. The van der Waals surface area contributed by atoms with Gasteiger partial charge in [0, 0.05) is 6.42 Å². The van der Waals surface area contributed by atoms with Gasteiger partial charge in [0.2, 0.25) is 0 Å². The molecule has 0 N–H and O–H groups in total. The van der Waals surface area contributed by atoms with Gasteiger partial charge in [-0.15, -0.1) is 0 Å². The molecule has 0 aromatic carbocycles. The van der Waals surface area contributed by atoms with Crippen LogP contribution in [-0.4, -0.2) is 26.5 Å². The van der Waals surface area contributed by atoms with Crippen LogP contribution in [-0.2, 0) is 23.8 Å². The summed E-state index contributed by atoms with van der Waals surface area (Å²) in [5.41, 5.74) is -5.45. The first-order valence-electron chi connectivity index (χ1n) is 5.53. The van der Waals surface area contributed by atoms with Gasteiger partial charge in [0.25, 0.3) is 0 Å². The zero-order valence-corrected chi connectivity index (χ0v) is 10.9. The highest BCUT2D eigenvalue weighted by molar-refractivity contribution is 7.87. The fourth-order valence-corrected chi connectivity index (χ4v) is 2.08. The van der Waals surface area contributed by atoms with Crippen molar-refractivity contribution in [2.24, 2.45) is 5.92 Å². The van der Waals surface area contributed by atoms with Gasteiger partial charge in [-0.2, -0.15) is 21.6 Å². The van der Waals surface area contributed by atoms with E-state index in [9.17, 15) is 26.4 Å². The zero-order chi connectivity index (χ0) is 14.7. The van der Waals surface area contributed by atoms with E-state index in [1.54, 1.807) is 6.92 Å². The summed E-state index contributed by atoms with van der Waals surface area (Å²) >= 11 is 0. The van der Waals surface area contributed by atoms with E-state index < -0.39 is 27.5 Å². The molecule has 19 heavy (non-hydrogen) atoms. The van der Waals surface area contributed by atoms with Crippen LogP contribution in [0.3, 0.4) is 0 Å². The van der Waals surface area contributed by atoms with Crippen molar-refractivity contribution in [2.75, 3.05) is 6.61 Å². The Balaban J connectivity index is 2.64. The number of allylic oxidation sites excluding steroid dienone is 2. The largest absolute Gasteiger partial charge is 0.534 e. The molecule has 0 aromatic heterocycles. The third-order valence-corrected chi connectivity index (χ3v) is 3.49.